The van der Waals surface area contributed by atoms with Crippen LogP contribution in [0.3, 0.4) is 0 Å². The highest BCUT2D eigenvalue weighted by Gasteiger charge is 2.12. The average Bonchev–Trinajstić information content (AvgIpc) is 2.79. The van der Waals surface area contributed by atoms with Gasteiger partial charge < -0.3 is 26.1 Å². The van der Waals surface area contributed by atoms with Gasteiger partial charge in [0, 0.05) is 18.3 Å². The van der Waals surface area contributed by atoms with Crippen LogP contribution in [0, 0.1) is 12.7 Å². The molecule has 0 aliphatic carbocycles. The SMILES string of the molecule is COc1cc(C)ccc1NC(=O)Nc1nc(=O)c(-c2ccc(CNCCCN)c(F)c2)c[nH]1. The van der Waals surface area contributed by atoms with Crippen LogP contribution in [0.4, 0.5) is 20.8 Å². The zero-order chi connectivity index (χ0) is 23.8. The molecule has 2 amide bonds. The number of methoxy groups -OCH3 is 1. The second-order valence-electron chi connectivity index (χ2n) is 7.38. The molecule has 1 aromatic heterocycles. The average molecular weight is 455 g/mol. The normalized spacial score (nSPS) is 10.7. The maximum Gasteiger partial charge on any atom is 0.326 e. The van der Waals surface area contributed by atoms with Gasteiger partial charge in [0.25, 0.3) is 5.56 Å². The summed E-state index contributed by atoms with van der Waals surface area (Å²) in [5.74, 6) is 0.0244. The van der Waals surface area contributed by atoms with Gasteiger partial charge in [-0.2, -0.15) is 4.98 Å². The fraction of sp³-hybridized carbons (Fsp3) is 0.261. The fourth-order valence-corrected chi connectivity index (χ4v) is 3.14. The van der Waals surface area contributed by atoms with Crippen LogP contribution in [0.15, 0.2) is 47.4 Å². The number of ether oxygens (including phenoxy) is 1. The van der Waals surface area contributed by atoms with E-state index in [1.807, 2.05) is 13.0 Å². The number of nitrogens with zero attached hydrogens (tertiary/aromatic N) is 1. The molecule has 9 nitrogen and oxygen atoms in total. The molecule has 0 bridgehead atoms. The number of hydrogen-bond donors (Lipinski definition) is 5. The van der Waals surface area contributed by atoms with E-state index in [0.29, 0.717) is 42.2 Å². The van der Waals surface area contributed by atoms with Gasteiger partial charge in [0.05, 0.1) is 18.4 Å². The molecule has 2 aromatic carbocycles. The molecule has 0 fully saturated rings. The molecule has 0 saturated carbocycles. The molecular formula is C23H27FN6O3. The Kier molecular flexibility index (Phi) is 8.11. The lowest BCUT2D eigenvalue weighted by Crippen LogP contribution is -2.23. The number of rotatable bonds is 9. The molecular weight excluding hydrogens is 427 g/mol. The molecule has 10 heteroatoms. The van der Waals surface area contributed by atoms with Crippen LogP contribution < -0.4 is 32.0 Å². The molecule has 3 aromatic rings. The summed E-state index contributed by atoms with van der Waals surface area (Å²) in [4.78, 5) is 31.4. The van der Waals surface area contributed by atoms with E-state index in [2.05, 4.69) is 25.9 Å². The highest BCUT2D eigenvalue weighted by molar-refractivity contribution is 5.99. The number of aromatic nitrogens is 2. The van der Waals surface area contributed by atoms with Crippen molar-refractivity contribution in [1.82, 2.24) is 15.3 Å². The molecule has 1 heterocycles. The van der Waals surface area contributed by atoms with Crippen molar-refractivity contribution in [2.45, 2.75) is 19.9 Å². The number of halogens is 1. The van der Waals surface area contributed by atoms with Gasteiger partial charge in [-0.1, -0.05) is 18.2 Å². The molecule has 0 aliphatic rings. The lowest BCUT2D eigenvalue weighted by molar-refractivity contribution is 0.262. The van der Waals surface area contributed by atoms with Crippen molar-refractivity contribution in [1.29, 1.82) is 0 Å². The number of nitrogens with one attached hydrogen (secondary N) is 4. The molecule has 3 rings (SSSR count). The lowest BCUT2D eigenvalue weighted by atomic mass is 10.1. The Labute approximate surface area is 190 Å². The van der Waals surface area contributed by atoms with Gasteiger partial charge in [0.2, 0.25) is 5.95 Å². The maximum atomic E-state index is 14.4. The number of amides is 2. The summed E-state index contributed by atoms with van der Waals surface area (Å²) in [6, 6.07) is 9.27. The summed E-state index contributed by atoms with van der Waals surface area (Å²) in [5, 5.41) is 8.22. The summed E-state index contributed by atoms with van der Waals surface area (Å²) in [5.41, 5.74) is 7.33. The number of H-pyrrole nitrogens is 1. The molecule has 0 spiro atoms. The molecule has 0 atom stereocenters. The van der Waals surface area contributed by atoms with Gasteiger partial charge in [0.15, 0.2) is 0 Å². The van der Waals surface area contributed by atoms with Gasteiger partial charge in [0.1, 0.15) is 11.6 Å². The number of anilines is 2. The van der Waals surface area contributed by atoms with Crippen LogP contribution in [0.2, 0.25) is 0 Å². The van der Waals surface area contributed by atoms with Crippen LogP contribution in [0.25, 0.3) is 11.1 Å². The first-order chi connectivity index (χ1) is 15.9. The van der Waals surface area contributed by atoms with Crippen molar-refractivity contribution in [2.75, 3.05) is 30.8 Å². The van der Waals surface area contributed by atoms with E-state index in [-0.39, 0.29) is 11.5 Å². The van der Waals surface area contributed by atoms with Gasteiger partial charge in [-0.15, -0.1) is 0 Å². The Bertz CT molecular complexity index is 1180. The Balaban J connectivity index is 1.68. The van der Waals surface area contributed by atoms with Crippen LogP contribution in [-0.4, -0.2) is 36.2 Å². The van der Waals surface area contributed by atoms with E-state index >= 15 is 0 Å². The number of hydrogen-bond acceptors (Lipinski definition) is 6. The monoisotopic (exact) mass is 454 g/mol. The Morgan fingerprint density at radius 2 is 2.03 bits per heavy atom. The number of carbonyl (C=O) groups excluding carboxylic acids is 1. The molecule has 0 saturated heterocycles. The highest BCUT2D eigenvalue weighted by Crippen LogP contribution is 2.25. The Morgan fingerprint density at radius 1 is 1.21 bits per heavy atom. The van der Waals surface area contributed by atoms with Gasteiger partial charge in [-0.25, -0.2) is 9.18 Å². The number of aryl methyl sites for hydroxylation is 1. The number of aromatic amines is 1. The molecule has 6 N–H and O–H groups in total. The van der Waals surface area contributed by atoms with E-state index in [0.717, 1.165) is 12.0 Å². The van der Waals surface area contributed by atoms with Crippen molar-refractivity contribution in [3.8, 4) is 16.9 Å². The predicted molar refractivity (Wildman–Crippen MR) is 126 cm³/mol. The zero-order valence-corrected chi connectivity index (χ0v) is 18.5. The van der Waals surface area contributed by atoms with Crippen molar-refractivity contribution in [2.24, 2.45) is 5.73 Å². The second-order valence-corrected chi connectivity index (χ2v) is 7.38. The first-order valence-electron chi connectivity index (χ1n) is 10.4. The van der Waals surface area contributed by atoms with E-state index < -0.39 is 17.4 Å². The molecule has 0 radical (unpaired) electrons. The zero-order valence-electron chi connectivity index (χ0n) is 18.5. The van der Waals surface area contributed by atoms with E-state index in [1.54, 1.807) is 24.3 Å². The Hall–Kier alpha value is -3.76. The quantitative estimate of drug-likeness (QED) is 0.316. The summed E-state index contributed by atoms with van der Waals surface area (Å²) in [7, 11) is 1.50. The van der Waals surface area contributed by atoms with Crippen molar-refractivity contribution >= 4 is 17.7 Å². The summed E-state index contributed by atoms with van der Waals surface area (Å²) in [6.07, 6.45) is 2.18. The highest BCUT2D eigenvalue weighted by atomic mass is 19.1. The maximum absolute atomic E-state index is 14.4. The topological polar surface area (TPSA) is 134 Å². The molecule has 33 heavy (non-hydrogen) atoms. The molecule has 174 valence electrons. The lowest BCUT2D eigenvalue weighted by Gasteiger charge is -2.11. The molecule has 0 unspecified atom stereocenters. The van der Waals surface area contributed by atoms with Crippen molar-refractivity contribution in [3.63, 3.8) is 0 Å². The third kappa shape index (κ3) is 6.37. The minimum Gasteiger partial charge on any atom is -0.495 e. The standard InChI is InChI=1S/C23H27FN6O3/c1-14-4-7-19(20(10-14)33-2)28-23(32)30-22-27-13-17(21(31)29-22)15-5-6-16(18(24)11-15)12-26-9-3-8-25/h4-7,10-11,13,26H,3,8-9,12,25H2,1-2H3,(H3,27,28,29,30,31,32). The smallest absolute Gasteiger partial charge is 0.326 e. The fourth-order valence-electron chi connectivity index (χ4n) is 3.14. The largest absolute Gasteiger partial charge is 0.495 e. The van der Waals surface area contributed by atoms with Crippen molar-refractivity contribution in [3.05, 3.63) is 69.9 Å². The minimum absolute atomic E-state index is 0.0477. The van der Waals surface area contributed by atoms with Gasteiger partial charge in [-0.05, 0) is 55.8 Å². The van der Waals surface area contributed by atoms with Crippen LogP contribution in [0.5, 0.6) is 5.75 Å². The van der Waals surface area contributed by atoms with Gasteiger partial charge in [-0.3, -0.25) is 10.1 Å². The predicted octanol–water partition coefficient (Wildman–Crippen LogP) is 2.98. The minimum atomic E-state index is -0.606. The third-order valence-electron chi connectivity index (χ3n) is 4.87. The van der Waals surface area contributed by atoms with Crippen LogP contribution in [-0.2, 0) is 6.54 Å². The molecule has 0 aliphatic heterocycles. The summed E-state index contributed by atoms with van der Waals surface area (Å²) < 4.78 is 19.7. The number of benzene rings is 2. The summed E-state index contributed by atoms with van der Waals surface area (Å²) >= 11 is 0. The van der Waals surface area contributed by atoms with E-state index in [4.69, 9.17) is 10.5 Å². The summed E-state index contributed by atoms with van der Waals surface area (Å²) in [6.45, 7) is 3.53. The first kappa shape index (κ1) is 23.9. The number of urea groups is 1. The number of nitrogens with two attached hydrogens (primary N) is 1. The second kappa shape index (κ2) is 11.2. The van der Waals surface area contributed by atoms with Gasteiger partial charge >= 0.3 is 6.03 Å². The Morgan fingerprint density at radius 3 is 2.73 bits per heavy atom. The third-order valence-corrected chi connectivity index (χ3v) is 4.87. The number of carbonyl (C=O) groups is 1. The first-order valence-corrected chi connectivity index (χ1v) is 10.4. The van der Waals surface area contributed by atoms with Crippen LogP contribution >= 0.6 is 0 Å². The van der Waals surface area contributed by atoms with E-state index in [1.165, 1.54) is 19.4 Å². The van der Waals surface area contributed by atoms with Crippen LogP contribution in [0.1, 0.15) is 17.5 Å². The van der Waals surface area contributed by atoms with E-state index in [9.17, 15) is 14.0 Å². The van der Waals surface area contributed by atoms with Crippen molar-refractivity contribution < 1.29 is 13.9 Å².